The number of aliphatic hydroxyl groups excluding tert-OH is 1. The fourth-order valence-electron chi connectivity index (χ4n) is 4.10. The van der Waals surface area contributed by atoms with Crippen LogP contribution in [0.25, 0.3) is 0 Å². The van der Waals surface area contributed by atoms with Gasteiger partial charge in [-0.2, -0.15) is 0 Å². The first-order valence-electron chi connectivity index (χ1n) is 6.26. The molecule has 0 heterocycles. The smallest absolute Gasteiger partial charge is 0.0431 e. The quantitative estimate of drug-likeness (QED) is 0.650. The Morgan fingerprint density at radius 3 is 2.43 bits per heavy atom. The summed E-state index contributed by atoms with van der Waals surface area (Å²) < 4.78 is 0. The van der Waals surface area contributed by atoms with Gasteiger partial charge in [-0.15, -0.1) is 0 Å². The molecular formula is C12H21NO. The predicted octanol–water partition coefficient (Wildman–Crippen LogP) is 1.39. The number of unbranched alkanes of at least 4 members (excludes halogenated alkanes) is 1. The second kappa shape index (κ2) is 3.49. The lowest BCUT2D eigenvalue weighted by molar-refractivity contribution is 0.283. The van der Waals surface area contributed by atoms with Crippen LogP contribution in [0.4, 0.5) is 0 Å². The summed E-state index contributed by atoms with van der Waals surface area (Å²) >= 11 is 0. The van der Waals surface area contributed by atoms with Gasteiger partial charge < -0.3 is 10.4 Å². The van der Waals surface area contributed by atoms with Crippen LogP contribution < -0.4 is 5.32 Å². The van der Waals surface area contributed by atoms with Crippen LogP contribution >= 0.6 is 0 Å². The average molecular weight is 195 g/mol. The molecule has 4 atom stereocenters. The molecule has 0 aromatic heterocycles. The molecule has 0 amide bonds. The lowest BCUT2D eigenvalue weighted by atomic mass is 10.0. The van der Waals surface area contributed by atoms with Gasteiger partial charge in [0.05, 0.1) is 0 Å². The van der Waals surface area contributed by atoms with E-state index in [0.29, 0.717) is 6.61 Å². The Bertz CT molecular complexity index is 202. The molecule has 14 heavy (non-hydrogen) atoms. The van der Waals surface area contributed by atoms with E-state index in [2.05, 4.69) is 5.32 Å². The van der Waals surface area contributed by atoms with E-state index in [1.807, 2.05) is 0 Å². The molecule has 2 heteroatoms. The zero-order valence-corrected chi connectivity index (χ0v) is 8.78. The zero-order chi connectivity index (χ0) is 9.54. The average Bonchev–Trinajstić information content (AvgIpc) is 2.60. The van der Waals surface area contributed by atoms with Crippen LogP contribution in [-0.2, 0) is 0 Å². The van der Waals surface area contributed by atoms with Crippen LogP contribution in [0.3, 0.4) is 0 Å². The number of fused-ring (bicyclic) bond motifs is 5. The van der Waals surface area contributed by atoms with Crippen molar-refractivity contribution in [2.45, 2.75) is 38.1 Å². The molecule has 0 spiro atoms. The van der Waals surface area contributed by atoms with E-state index in [4.69, 9.17) is 5.11 Å². The molecule has 0 saturated heterocycles. The standard InChI is InChI=1S/C12H21NO/c14-6-2-1-5-13-12-10-8-3-4-9(7-8)11(10)12/h8-14H,1-7H2. The topological polar surface area (TPSA) is 32.3 Å². The van der Waals surface area contributed by atoms with E-state index in [1.54, 1.807) is 6.42 Å². The first kappa shape index (κ1) is 9.17. The van der Waals surface area contributed by atoms with Gasteiger partial charge in [0.2, 0.25) is 0 Å². The summed E-state index contributed by atoms with van der Waals surface area (Å²) in [6.07, 6.45) is 6.68. The molecule has 3 aliphatic carbocycles. The van der Waals surface area contributed by atoms with Crippen molar-refractivity contribution in [1.29, 1.82) is 0 Å². The highest BCUT2D eigenvalue weighted by atomic mass is 16.2. The van der Waals surface area contributed by atoms with Crippen LogP contribution in [-0.4, -0.2) is 24.3 Å². The van der Waals surface area contributed by atoms with Crippen molar-refractivity contribution < 1.29 is 5.11 Å². The van der Waals surface area contributed by atoms with Gasteiger partial charge in [0, 0.05) is 12.6 Å². The van der Waals surface area contributed by atoms with Gasteiger partial charge in [-0.1, -0.05) is 0 Å². The maximum Gasteiger partial charge on any atom is 0.0431 e. The van der Waals surface area contributed by atoms with Crippen molar-refractivity contribution in [3.8, 4) is 0 Å². The van der Waals surface area contributed by atoms with Crippen molar-refractivity contribution in [2.24, 2.45) is 23.7 Å². The molecule has 0 aromatic rings. The second-order valence-electron chi connectivity index (χ2n) is 5.40. The first-order chi connectivity index (χ1) is 6.92. The lowest BCUT2D eigenvalue weighted by Gasteiger charge is -2.09. The Hall–Kier alpha value is -0.0800. The summed E-state index contributed by atoms with van der Waals surface area (Å²) in [5, 5.41) is 12.4. The van der Waals surface area contributed by atoms with E-state index in [0.717, 1.165) is 49.1 Å². The highest BCUT2D eigenvalue weighted by Crippen LogP contribution is 2.65. The van der Waals surface area contributed by atoms with Gasteiger partial charge in [0.25, 0.3) is 0 Å². The Kier molecular flexibility index (Phi) is 2.29. The molecule has 80 valence electrons. The number of aliphatic hydroxyl groups is 1. The van der Waals surface area contributed by atoms with Gasteiger partial charge in [0.1, 0.15) is 0 Å². The van der Waals surface area contributed by atoms with Crippen molar-refractivity contribution >= 4 is 0 Å². The molecule has 2 nitrogen and oxygen atoms in total. The Morgan fingerprint density at radius 1 is 1.07 bits per heavy atom. The second-order valence-corrected chi connectivity index (χ2v) is 5.40. The summed E-state index contributed by atoms with van der Waals surface area (Å²) in [5.41, 5.74) is 0. The molecule has 3 fully saturated rings. The Morgan fingerprint density at radius 2 is 1.79 bits per heavy atom. The van der Waals surface area contributed by atoms with E-state index in [9.17, 15) is 0 Å². The number of nitrogens with one attached hydrogen (secondary N) is 1. The van der Waals surface area contributed by atoms with E-state index in [1.165, 1.54) is 12.8 Å². The molecule has 2 N–H and O–H groups in total. The number of hydrogen-bond donors (Lipinski definition) is 2. The summed E-state index contributed by atoms with van der Waals surface area (Å²) in [4.78, 5) is 0. The third-order valence-corrected chi connectivity index (χ3v) is 4.70. The minimum Gasteiger partial charge on any atom is -0.396 e. The summed E-state index contributed by atoms with van der Waals surface area (Å²) in [7, 11) is 0. The van der Waals surface area contributed by atoms with Crippen molar-refractivity contribution in [1.82, 2.24) is 5.32 Å². The zero-order valence-electron chi connectivity index (χ0n) is 8.78. The fourth-order valence-corrected chi connectivity index (χ4v) is 4.10. The molecule has 3 rings (SSSR count). The molecule has 0 aromatic carbocycles. The molecule has 3 aliphatic rings. The van der Waals surface area contributed by atoms with Crippen molar-refractivity contribution in [3.05, 3.63) is 0 Å². The number of rotatable bonds is 5. The molecule has 0 aliphatic heterocycles. The fraction of sp³-hybridized carbons (Fsp3) is 1.00. The summed E-state index contributed by atoms with van der Waals surface area (Å²) in [6, 6.07) is 0.875. The first-order valence-corrected chi connectivity index (χ1v) is 6.26. The largest absolute Gasteiger partial charge is 0.396 e. The van der Waals surface area contributed by atoms with E-state index < -0.39 is 0 Å². The van der Waals surface area contributed by atoms with E-state index in [-0.39, 0.29) is 0 Å². The number of hydrogen-bond acceptors (Lipinski definition) is 2. The molecule has 2 bridgehead atoms. The molecule has 4 unspecified atom stereocenters. The highest BCUT2D eigenvalue weighted by Gasteiger charge is 2.64. The monoisotopic (exact) mass is 195 g/mol. The maximum absolute atomic E-state index is 8.67. The Balaban J connectivity index is 1.41. The maximum atomic E-state index is 8.67. The highest BCUT2D eigenvalue weighted by molar-refractivity contribution is 5.16. The molecular weight excluding hydrogens is 174 g/mol. The van der Waals surface area contributed by atoms with Gasteiger partial charge in [0.15, 0.2) is 0 Å². The summed E-state index contributed by atoms with van der Waals surface area (Å²) in [6.45, 7) is 1.47. The SMILES string of the molecule is OCCCCNC1C2C3CCC(C3)C12. The van der Waals surface area contributed by atoms with Crippen LogP contribution in [0.15, 0.2) is 0 Å². The van der Waals surface area contributed by atoms with Gasteiger partial charge in [-0.25, -0.2) is 0 Å². The van der Waals surface area contributed by atoms with Gasteiger partial charge >= 0.3 is 0 Å². The van der Waals surface area contributed by atoms with Crippen LogP contribution in [0, 0.1) is 23.7 Å². The van der Waals surface area contributed by atoms with Gasteiger partial charge in [-0.3, -0.25) is 0 Å². The Labute approximate surface area is 86.1 Å². The molecule has 0 radical (unpaired) electrons. The van der Waals surface area contributed by atoms with Gasteiger partial charge in [-0.05, 0) is 62.3 Å². The lowest BCUT2D eigenvalue weighted by Crippen LogP contribution is -2.24. The predicted molar refractivity (Wildman–Crippen MR) is 55.9 cm³/mol. The van der Waals surface area contributed by atoms with Crippen LogP contribution in [0.5, 0.6) is 0 Å². The van der Waals surface area contributed by atoms with E-state index >= 15 is 0 Å². The van der Waals surface area contributed by atoms with Crippen LogP contribution in [0.2, 0.25) is 0 Å². The third kappa shape index (κ3) is 1.31. The summed E-state index contributed by atoms with van der Waals surface area (Å²) in [5.74, 6) is 4.28. The normalized spacial score (nSPS) is 48.2. The molecule has 3 saturated carbocycles. The van der Waals surface area contributed by atoms with Crippen molar-refractivity contribution in [3.63, 3.8) is 0 Å². The van der Waals surface area contributed by atoms with Crippen molar-refractivity contribution in [2.75, 3.05) is 13.2 Å². The van der Waals surface area contributed by atoms with Crippen LogP contribution in [0.1, 0.15) is 32.1 Å². The third-order valence-electron chi connectivity index (χ3n) is 4.70. The minimum atomic E-state index is 0.352. The minimum absolute atomic E-state index is 0.352.